The molecule has 0 N–H and O–H groups in total. The zero-order chi connectivity index (χ0) is 47.2. The topological polar surface area (TPSA) is 66.4 Å². The average molecular weight is 983 g/mol. The van der Waals surface area contributed by atoms with E-state index >= 15 is 0 Å². The Bertz CT molecular complexity index is 932. The first kappa shape index (κ1) is 63.5. The third kappa shape index (κ3) is 48.5. The predicted octanol–water partition coefficient (Wildman–Crippen LogP) is 19.7. The number of hydrogen-bond acceptors (Lipinski definition) is 9. The van der Waals surface area contributed by atoms with Crippen molar-refractivity contribution >= 4 is 35.3 Å². The molecule has 0 spiro atoms. The van der Waals surface area contributed by atoms with Crippen LogP contribution in [0.4, 0.5) is 0 Å². The maximum absolute atomic E-state index is 6.05. The van der Waals surface area contributed by atoms with Gasteiger partial charge in [0.1, 0.15) is 0 Å². The largest absolute Gasteiger partial charge is 0.463 e. The second-order valence-corrected chi connectivity index (χ2v) is 23.0. The Morgan fingerprint density at radius 2 is 0.394 bits per heavy atom. The molecule has 0 saturated carbocycles. The molecule has 0 saturated heterocycles. The minimum Gasteiger partial charge on any atom is -0.463 e. The summed E-state index contributed by atoms with van der Waals surface area (Å²) in [5, 5.41) is 0. The summed E-state index contributed by atoms with van der Waals surface area (Å²) in [5.41, 5.74) is 0. The smallest absolute Gasteiger partial charge is 0.325 e. The van der Waals surface area contributed by atoms with Gasteiger partial charge < -0.3 is 14.2 Å². The Kier molecular flexibility index (Phi) is 53.3. The second kappa shape index (κ2) is 55.4. The van der Waals surface area contributed by atoms with Crippen molar-refractivity contribution in [3.8, 4) is 18.0 Å². The van der Waals surface area contributed by atoms with Gasteiger partial charge in [0.05, 0.1) is 19.8 Å². The van der Waals surface area contributed by atoms with Crippen LogP contribution in [0.15, 0.2) is 0 Å². The molecule has 0 aliphatic heterocycles. The Morgan fingerprint density at radius 1 is 0.227 bits per heavy atom. The van der Waals surface area contributed by atoms with Gasteiger partial charge in [-0.05, 0) is 73.0 Å². The lowest BCUT2D eigenvalue weighted by Crippen LogP contribution is -2.10. The van der Waals surface area contributed by atoms with E-state index in [0.29, 0.717) is 37.9 Å². The fourth-order valence-corrected chi connectivity index (χ4v) is 11.3. The van der Waals surface area contributed by atoms with E-state index < -0.39 is 0 Å². The monoisotopic (exact) mass is 982 g/mol. The van der Waals surface area contributed by atoms with Gasteiger partial charge in [0, 0.05) is 0 Å². The third-order valence-electron chi connectivity index (χ3n) is 12.7. The van der Waals surface area contributed by atoms with Crippen molar-refractivity contribution in [1.82, 2.24) is 15.0 Å². The van der Waals surface area contributed by atoms with E-state index in [0.717, 1.165) is 36.5 Å². The summed E-state index contributed by atoms with van der Waals surface area (Å²) in [6.45, 7) is 8.69. The van der Waals surface area contributed by atoms with E-state index in [4.69, 9.17) is 14.2 Å². The fraction of sp³-hybridized carbons (Fsp3) is 0.947. The van der Waals surface area contributed by atoms with Crippen molar-refractivity contribution in [1.29, 1.82) is 0 Å². The Labute approximate surface area is 425 Å². The molecule has 0 aliphatic carbocycles. The van der Waals surface area contributed by atoms with Crippen LogP contribution >= 0.6 is 35.3 Å². The van der Waals surface area contributed by atoms with Crippen molar-refractivity contribution in [2.45, 2.75) is 290 Å². The van der Waals surface area contributed by atoms with Crippen LogP contribution in [-0.4, -0.2) is 69.3 Å². The molecule has 0 fully saturated rings. The van der Waals surface area contributed by atoms with E-state index in [2.05, 4.69) is 35.7 Å². The van der Waals surface area contributed by atoms with Gasteiger partial charge in [-0.1, -0.05) is 252 Å². The molecule has 0 aromatic carbocycles. The van der Waals surface area contributed by atoms with Crippen LogP contribution in [0.25, 0.3) is 0 Å². The van der Waals surface area contributed by atoms with Crippen LogP contribution in [0.1, 0.15) is 290 Å². The van der Waals surface area contributed by atoms with Crippen LogP contribution in [0.5, 0.6) is 18.0 Å². The Hall–Kier alpha value is -0.540. The first-order valence-corrected chi connectivity index (χ1v) is 32.6. The molecule has 1 aromatic rings. The molecular formula is C57H111N3O3S3. The van der Waals surface area contributed by atoms with Crippen LogP contribution in [0.2, 0.25) is 0 Å². The highest BCUT2D eigenvalue weighted by molar-refractivity contribution is 7.99. The first-order chi connectivity index (χ1) is 32.8. The van der Waals surface area contributed by atoms with E-state index in [1.54, 1.807) is 0 Å². The Balaban J connectivity index is 2.24. The molecule has 6 nitrogen and oxygen atoms in total. The summed E-state index contributed by atoms with van der Waals surface area (Å²) in [6, 6.07) is 0.972. The average Bonchev–Trinajstić information content (AvgIpc) is 3.32. The molecule has 0 amide bonds. The molecule has 0 atom stereocenters. The molecule has 390 valence electrons. The summed E-state index contributed by atoms with van der Waals surface area (Å²) in [5.74, 6) is 7.04. The van der Waals surface area contributed by atoms with Gasteiger partial charge in [0.25, 0.3) is 0 Å². The van der Waals surface area contributed by atoms with Gasteiger partial charge in [-0.25, -0.2) is 0 Å². The molecule has 0 radical (unpaired) electrons. The van der Waals surface area contributed by atoms with Crippen LogP contribution in [-0.2, 0) is 0 Å². The summed E-state index contributed by atoms with van der Waals surface area (Å²) >= 11 is 6.15. The molecule has 1 aromatic heterocycles. The highest BCUT2D eigenvalue weighted by atomic mass is 32.2. The van der Waals surface area contributed by atoms with E-state index in [1.165, 1.54) is 268 Å². The standard InChI is InChI=1S/C57H111N3O3S3/c1-4-7-10-13-16-19-22-25-28-31-34-37-40-49-64-52-43-46-61-55-58-56(62-47-44-53-65-50-41-38-35-32-29-26-23-20-17-14-11-8-5-2)60-57(59-55)63-48-45-54-66-51-42-39-36-33-30-27-24-21-18-15-12-9-6-3/h4-54H2,1-3H3. The predicted molar refractivity (Wildman–Crippen MR) is 299 cm³/mol. The number of rotatable bonds is 57. The molecule has 66 heavy (non-hydrogen) atoms. The highest BCUT2D eigenvalue weighted by Crippen LogP contribution is 2.20. The van der Waals surface area contributed by atoms with Gasteiger partial charge in [-0.2, -0.15) is 35.3 Å². The van der Waals surface area contributed by atoms with Gasteiger partial charge in [-0.15, -0.1) is 15.0 Å². The van der Waals surface area contributed by atoms with Gasteiger partial charge in [0.2, 0.25) is 0 Å². The van der Waals surface area contributed by atoms with Gasteiger partial charge in [-0.3, -0.25) is 0 Å². The maximum atomic E-state index is 6.05. The number of ether oxygens (including phenoxy) is 3. The molecule has 1 heterocycles. The second-order valence-electron chi connectivity index (χ2n) is 19.4. The number of aromatic nitrogens is 3. The van der Waals surface area contributed by atoms with Crippen LogP contribution in [0.3, 0.4) is 0 Å². The SMILES string of the molecule is CCCCCCCCCCCCCCCSCCCOc1nc(OCCCSCCCCCCCCCCCCCCC)nc(OCCCSCCCCCCCCCCCCCCC)n1. The molecule has 1 rings (SSSR count). The number of thioether (sulfide) groups is 3. The summed E-state index contributed by atoms with van der Waals surface area (Å²) in [4.78, 5) is 13.6. The van der Waals surface area contributed by atoms with Gasteiger partial charge in [0.15, 0.2) is 0 Å². The minimum atomic E-state index is 0.324. The van der Waals surface area contributed by atoms with Crippen molar-refractivity contribution in [2.24, 2.45) is 0 Å². The van der Waals surface area contributed by atoms with Crippen molar-refractivity contribution < 1.29 is 14.2 Å². The maximum Gasteiger partial charge on any atom is 0.325 e. The van der Waals surface area contributed by atoms with E-state index in [-0.39, 0.29) is 0 Å². The minimum absolute atomic E-state index is 0.324. The third-order valence-corrected chi connectivity index (χ3v) is 16.2. The molecular weight excluding hydrogens is 871 g/mol. The van der Waals surface area contributed by atoms with E-state index in [9.17, 15) is 0 Å². The van der Waals surface area contributed by atoms with Crippen molar-refractivity contribution in [3.63, 3.8) is 0 Å². The fourth-order valence-electron chi connectivity index (χ4n) is 8.46. The van der Waals surface area contributed by atoms with Gasteiger partial charge >= 0.3 is 18.0 Å². The van der Waals surface area contributed by atoms with Crippen molar-refractivity contribution in [2.75, 3.05) is 54.3 Å². The molecule has 0 bridgehead atoms. The lowest BCUT2D eigenvalue weighted by Gasteiger charge is -2.10. The lowest BCUT2D eigenvalue weighted by molar-refractivity contribution is 0.236. The zero-order valence-corrected chi connectivity index (χ0v) is 46.8. The number of hydrogen-bond donors (Lipinski definition) is 0. The highest BCUT2D eigenvalue weighted by Gasteiger charge is 2.11. The number of unbranched alkanes of at least 4 members (excludes halogenated alkanes) is 36. The quantitative estimate of drug-likeness (QED) is 0.0594. The summed E-state index contributed by atoms with van der Waals surface area (Å²) in [6.07, 6.45) is 57.9. The summed E-state index contributed by atoms with van der Waals surface area (Å²) < 4.78 is 18.1. The van der Waals surface area contributed by atoms with Crippen LogP contribution in [0, 0.1) is 0 Å². The van der Waals surface area contributed by atoms with Crippen molar-refractivity contribution in [3.05, 3.63) is 0 Å². The lowest BCUT2D eigenvalue weighted by atomic mass is 10.1. The summed E-state index contributed by atoms with van der Waals surface area (Å²) in [7, 11) is 0. The van der Waals surface area contributed by atoms with E-state index in [1.807, 2.05) is 35.3 Å². The number of nitrogens with zero attached hydrogens (tertiary/aromatic N) is 3. The first-order valence-electron chi connectivity index (χ1n) is 29.2. The molecule has 0 aliphatic rings. The zero-order valence-electron chi connectivity index (χ0n) is 44.4. The van der Waals surface area contributed by atoms with Crippen LogP contribution < -0.4 is 14.2 Å². The Morgan fingerprint density at radius 3 is 0.591 bits per heavy atom. The normalized spacial score (nSPS) is 11.5. The molecule has 9 heteroatoms. The molecule has 0 unspecified atom stereocenters.